The number of hydrogen-bond acceptors (Lipinski definition) is 3. The highest BCUT2D eigenvalue weighted by molar-refractivity contribution is 7.25. The SMILES string of the molecule is C[Si-]1(C)c2ccccc2-c2cc3c(ccc4c3c3ccccc3n4-c3nc(-c4ccccc4)c4c(n3)sc3ccccc34)cc21. The normalized spacial score (nSPS) is 13.7. The van der Waals surface area contributed by atoms with Crippen LogP contribution < -0.4 is 10.4 Å². The molecule has 0 saturated carbocycles. The summed E-state index contributed by atoms with van der Waals surface area (Å²) in [5.41, 5.74) is 7.12. The van der Waals surface area contributed by atoms with Crippen LogP contribution in [0.1, 0.15) is 0 Å². The molecule has 0 aliphatic carbocycles. The quantitative estimate of drug-likeness (QED) is 0.183. The first-order chi connectivity index (χ1) is 22.1. The molecule has 213 valence electrons. The Morgan fingerprint density at radius 3 is 2.22 bits per heavy atom. The number of fused-ring (bicyclic) bond motifs is 11. The van der Waals surface area contributed by atoms with Crippen molar-refractivity contribution >= 4 is 82.7 Å². The lowest BCUT2D eigenvalue weighted by Gasteiger charge is -2.32. The third-order valence-corrected chi connectivity index (χ3v) is 14.4. The number of hydrogen-bond donors (Lipinski definition) is 0. The highest BCUT2D eigenvalue weighted by Crippen LogP contribution is 2.42. The zero-order chi connectivity index (χ0) is 29.9. The van der Waals surface area contributed by atoms with Gasteiger partial charge in [0.05, 0.1) is 16.7 Å². The van der Waals surface area contributed by atoms with E-state index in [2.05, 4.69) is 145 Å². The lowest BCUT2D eigenvalue weighted by atomic mass is 9.98. The van der Waals surface area contributed by atoms with Crippen molar-refractivity contribution in [1.29, 1.82) is 0 Å². The van der Waals surface area contributed by atoms with Gasteiger partial charge in [-0.1, -0.05) is 122 Å². The van der Waals surface area contributed by atoms with E-state index >= 15 is 0 Å². The highest BCUT2D eigenvalue weighted by atomic mass is 32.1. The fourth-order valence-electron chi connectivity index (χ4n) is 7.72. The van der Waals surface area contributed by atoms with Gasteiger partial charge in [0.15, 0.2) is 0 Å². The van der Waals surface area contributed by atoms with Crippen LogP contribution in [-0.4, -0.2) is 22.6 Å². The Hall–Kier alpha value is -5.10. The Bertz CT molecular complexity index is 2680. The van der Waals surface area contributed by atoms with Crippen molar-refractivity contribution in [3.8, 4) is 28.3 Å². The van der Waals surface area contributed by atoms with Gasteiger partial charge < -0.3 is 0 Å². The van der Waals surface area contributed by atoms with Crippen LogP contribution in [0.15, 0.2) is 127 Å². The molecular formula is C40H27N3SSi-. The third kappa shape index (κ3) is 3.39. The molecule has 0 radical (unpaired) electrons. The van der Waals surface area contributed by atoms with Gasteiger partial charge >= 0.3 is 0 Å². The van der Waals surface area contributed by atoms with Crippen molar-refractivity contribution in [3.05, 3.63) is 127 Å². The summed E-state index contributed by atoms with van der Waals surface area (Å²) in [7, 11) is -1.77. The summed E-state index contributed by atoms with van der Waals surface area (Å²) in [6, 6.07) is 46.4. The van der Waals surface area contributed by atoms with E-state index in [0.29, 0.717) is 5.95 Å². The summed E-state index contributed by atoms with van der Waals surface area (Å²) < 4.78 is 3.50. The fourth-order valence-corrected chi connectivity index (χ4v) is 11.9. The maximum Gasteiger partial charge on any atom is 0.236 e. The number of thiophene rings is 1. The monoisotopic (exact) mass is 609 g/mol. The van der Waals surface area contributed by atoms with Crippen molar-refractivity contribution < 1.29 is 0 Å². The van der Waals surface area contributed by atoms with Crippen molar-refractivity contribution in [2.24, 2.45) is 0 Å². The van der Waals surface area contributed by atoms with Gasteiger partial charge in [-0.2, -0.15) is 23.5 Å². The minimum atomic E-state index is -1.77. The van der Waals surface area contributed by atoms with Crippen LogP contribution in [0, 0.1) is 0 Å². The Kier molecular flexibility index (Phi) is 5.03. The van der Waals surface area contributed by atoms with Crippen LogP contribution in [0.4, 0.5) is 0 Å². The summed E-state index contributed by atoms with van der Waals surface area (Å²) >= 11 is 1.74. The molecule has 3 nitrogen and oxygen atoms in total. The first kappa shape index (κ1) is 25.2. The van der Waals surface area contributed by atoms with E-state index in [-0.39, 0.29) is 0 Å². The van der Waals surface area contributed by atoms with Crippen LogP contribution in [-0.2, 0) is 0 Å². The van der Waals surface area contributed by atoms with E-state index in [9.17, 15) is 0 Å². The summed E-state index contributed by atoms with van der Waals surface area (Å²) in [5, 5.41) is 10.5. The van der Waals surface area contributed by atoms with Crippen LogP contribution in [0.5, 0.6) is 0 Å². The number of rotatable bonds is 2. The first-order valence-electron chi connectivity index (χ1n) is 15.4. The molecule has 0 N–H and O–H groups in total. The van der Waals surface area contributed by atoms with Crippen LogP contribution in [0.3, 0.4) is 0 Å². The molecule has 4 heterocycles. The molecule has 1 aliphatic rings. The molecule has 0 unspecified atom stereocenters. The Labute approximate surface area is 265 Å². The van der Waals surface area contributed by atoms with E-state index in [1.807, 2.05) is 0 Å². The summed E-state index contributed by atoms with van der Waals surface area (Å²) in [6.45, 7) is 4.97. The molecule has 0 spiro atoms. The fraction of sp³-hybridized carbons (Fsp3) is 0.0500. The molecule has 0 saturated heterocycles. The zero-order valence-electron chi connectivity index (χ0n) is 24.9. The molecule has 10 rings (SSSR count). The Morgan fingerprint density at radius 2 is 1.33 bits per heavy atom. The lowest BCUT2D eigenvalue weighted by molar-refractivity contribution is 1.02. The Balaban J connectivity index is 1.32. The largest absolute Gasteiger partial charge is 0.278 e. The molecule has 0 amide bonds. The number of benzene rings is 6. The van der Waals surface area contributed by atoms with Gasteiger partial charge in [-0.05, 0) is 35.0 Å². The first-order valence-corrected chi connectivity index (χ1v) is 19.2. The second-order valence-electron chi connectivity index (χ2n) is 12.6. The maximum atomic E-state index is 5.39. The van der Waals surface area contributed by atoms with Crippen molar-refractivity contribution in [3.63, 3.8) is 0 Å². The van der Waals surface area contributed by atoms with Gasteiger partial charge in [0.2, 0.25) is 5.95 Å². The zero-order valence-corrected chi connectivity index (χ0v) is 26.7. The molecule has 5 heteroatoms. The van der Waals surface area contributed by atoms with Gasteiger partial charge in [-0.25, -0.2) is 9.97 Å². The molecular weight excluding hydrogens is 583 g/mol. The lowest BCUT2D eigenvalue weighted by Crippen LogP contribution is -2.49. The molecule has 3 aromatic heterocycles. The topological polar surface area (TPSA) is 30.7 Å². The third-order valence-electron chi connectivity index (χ3n) is 9.83. The molecule has 45 heavy (non-hydrogen) atoms. The van der Waals surface area contributed by atoms with E-state index < -0.39 is 8.07 Å². The smallest absolute Gasteiger partial charge is 0.236 e. The second kappa shape index (κ2) is 8.97. The predicted octanol–water partition coefficient (Wildman–Crippen LogP) is 9.56. The van der Waals surface area contributed by atoms with Gasteiger partial charge in [-0.15, -0.1) is 11.3 Å². The highest BCUT2D eigenvalue weighted by Gasteiger charge is 2.28. The average Bonchev–Trinajstić information content (AvgIpc) is 3.70. The molecule has 0 fully saturated rings. The second-order valence-corrected chi connectivity index (χ2v) is 18.0. The summed E-state index contributed by atoms with van der Waals surface area (Å²) in [5.74, 6) is 0.707. The number of para-hydroxylation sites is 1. The molecule has 6 aromatic carbocycles. The van der Waals surface area contributed by atoms with Gasteiger partial charge in [0, 0.05) is 31.8 Å². The average molecular weight is 610 g/mol. The number of nitrogens with zero attached hydrogens (tertiary/aromatic N) is 3. The standard InChI is InChI=1S/C40H27N3SSi/c1-45(2)34-19-11-8-14-26(34)30-23-29-25(22-35(30)45)20-21-32-36(29)27-15-6-9-17-31(27)43(32)40-41-38(24-12-4-3-5-13-24)37-28-16-7-10-18-33(28)44-39(37)42-40/h3-23H,1-2H3/q-1. The minimum absolute atomic E-state index is 0.707. The van der Waals surface area contributed by atoms with Crippen LogP contribution >= 0.6 is 11.3 Å². The molecule has 1 aliphatic heterocycles. The minimum Gasteiger partial charge on any atom is -0.278 e. The van der Waals surface area contributed by atoms with E-state index in [1.165, 1.54) is 53.1 Å². The van der Waals surface area contributed by atoms with Gasteiger partial charge in [0.25, 0.3) is 0 Å². The van der Waals surface area contributed by atoms with Crippen molar-refractivity contribution in [2.45, 2.75) is 13.1 Å². The molecule has 0 bridgehead atoms. The van der Waals surface area contributed by atoms with Gasteiger partial charge in [0.1, 0.15) is 4.83 Å². The van der Waals surface area contributed by atoms with Crippen molar-refractivity contribution in [1.82, 2.24) is 14.5 Å². The van der Waals surface area contributed by atoms with E-state index in [4.69, 9.17) is 9.97 Å². The van der Waals surface area contributed by atoms with Crippen LogP contribution in [0.25, 0.3) is 81.2 Å². The summed E-state index contributed by atoms with van der Waals surface area (Å²) in [6.07, 6.45) is 0. The predicted molar refractivity (Wildman–Crippen MR) is 194 cm³/mol. The van der Waals surface area contributed by atoms with Crippen molar-refractivity contribution in [2.75, 3.05) is 0 Å². The van der Waals surface area contributed by atoms with E-state index in [0.717, 1.165) is 32.5 Å². The maximum absolute atomic E-state index is 5.39. The summed E-state index contributed by atoms with van der Waals surface area (Å²) in [4.78, 5) is 11.7. The van der Waals surface area contributed by atoms with Crippen LogP contribution in [0.2, 0.25) is 13.1 Å². The van der Waals surface area contributed by atoms with Gasteiger partial charge in [-0.3, -0.25) is 4.57 Å². The van der Waals surface area contributed by atoms with E-state index in [1.54, 1.807) is 11.3 Å². The Morgan fingerprint density at radius 1 is 0.578 bits per heavy atom. The number of aromatic nitrogens is 3. The molecule has 9 aromatic rings. The molecule has 0 atom stereocenters.